The smallest absolute Gasteiger partial charge is 0.350 e. The number of imidazole rings is 1. The number of carbonyl (C=O) groups is 2. The molecule has 0 spiro atoms. The van der Waals surface area contributed by atoms with E-state index in [1.54, 1.807) is 0 Å². The summed E-state index contributed by atoms with van der Waals surface area (Å²) < 4.78 is 88.6. The minimum atomic E-state index is -5.84. The van der Waals surface area contributed by atoms with Gasteiger partial charge in [-0.2, -0.15) is 30.0 Å². The summed E-state index contributed by atoms with van der Waals surface area (Å²) in [6, 6.07) is -1.97. The second kappa shape index (κ2) is 9.80. The van der Waals surface area contributed by atoms with Crippen molar-refractivity contribution in [3.63, 3.8) is 0 Å². The maximum atomic E-state index is 11.2. The van der Waals surface area contributed by atoms with E-state index in [4.69, 9.17) is 17.5 Å². The maximum absolute atomic E-state index is 11.2. The first-order valence-corrected chi connectivity index (χ1v) is 10.0. The van der Waals surface area contributed by atoms with Crippen LogP contribution in [-0.4, -0.2) is 65.0 Å². The Morgan fingerprint density at radius 3 is 1.89 bits per heavy atom. The van der Waals surface area contributed by atoms with Crippen LogP contribution in [-0.2, 0) is 29.8 Å². The highest BCUT2D eigenvalue weighted by atomic mass is 32.2. The van der Waals surface area contributed by atoms with Crippen LogP contribution in [0.25, 0.3) is 0 Å². The van der Waals surface area contributed by atoms with Crippen molar-refractivity contribution in [3.05, 3.63) is 18.2 Å². The van der Waals surface area contributed by atoms with Gasteiger partial charge in [-0.25, -0.2) is 4.98 Å². The highest BCUT2D eigenvalue weighted by Gasteiger charge is 2.44. The number of H-pyrrole nitrogens is 1. The zero-order valence-corrected chi connectivity index (χ0v) is 15.9. The van der Waals surface area contributed by atoms with Crippen molar-refractivity contribution in [2.75, 3.05) is 5.75 Å². The van der Waals surface area contributed by atoms with Gasteiger partial charge in [-0.05, 0) is 0 Å². The van der Waals surface area contributed by atoms with Crippen LogP contribution < -0.4 is 10.6 Å². The first-order chi connectivity index (χ1) is 12.4. The number of rotatable bonds is 6. The van der Waals surface area contributed by atoms with Gasteiger partial charge >= 0.3 is 15.6 Å². The quantitative estimate of drug-likeness (QED) is 0.275. The minimum absolute atomic E-state index is 0.266. The summed E-state index contributed by atoms with van der Waals surface area (Å²) in [5.41, 5.74) is -5.53. The second-order valence-electron chi connectivity index (χ2n) is 5.13. The molecule has 1 heterocycles. The standard InChI is InChI=1S/C10H16N4O5S.CHF3O3S/c1-6(15)13-8(5-20(17,18)19)9(14-7(2)16)10-11-3-4-12-10;2-1(3,4)8(5,6)7/h3-4,8-9H,5H2,1-2H3,(H,11,12)(H,13,15)(H,14,16)(H,17,18,19);(H,5,6,7). The summed E-state index contributed by atoms with van der Waals surface area (Å²) in [4.78, 5) is 29.1. The number of nitrogens with one attached hydrogen (secondary N) is 3. The molecule has 0 aliphatic carbocycles. The van der Waals surface area contributed by atoms with Crippen molar-refractivity contribution in [2.24, 2.45) is 0 Å². The van der Waals surface area contributed by atoms with Crippen molar-refractivity contribution in [2.45, 2.75) is 31.4 Å². The molecule has 0 aliphatic heterocycles. The fourth-order valence-corrected chi connectivity index (χ4v) is 2.46. The Bertz CT molecular complexity index is 868. The van der Waals surface area contributed by atoms with Crippen molar-refractivity contribution < 1.29 is 48.7 Å². The number of hydrogen-bond acceptors (Lipinski definition) is 7. The lowest BCUT2D eigenvalue weighted by Crippen LogP contribution is -2.49. The lowest BCUT2D eigenvalue weighted by Gasteiger charge is -2.25. The number of carbonyl (C=O) groups excluding carboxylic acids is 2. The Kier molecular flexibility index (Phi) is 9.02. The normalized spacial score (nSPS) is 14.2. The molecule has 28 heavy (non-hydrogen) atoms. The summed E-state index contributed by atoms with van der Waals surface area (Å²) in [5.74, 6) is -1.42. The lowest BCUT2D eigenvalue weighted by atomic mass is 10.1. The predicted molar refractivity (Wildman–Crippen MR) is 86.8 cm³/mol. The van der Waals surface area contributed by atoms with Gasteiger partial charge in [0.05, 0.1) is 11.8 Å². The van der Waals surface area contributed by atoms with E-state index in [9.17, 15) is 31.2 Å². The average molecular weight is 454 g/mol. The first-order valence-electron chi connectivity index (χ1n) is 6.96. The molecule has 0 saturated heterocycles. The zero-order chi connectivity index (χ0) is 22.3. The van der Waals surface area contributed by atoms with Crippen LogP contribution in [0.2, 0.25) is 0 Å². The van der Waals surface area contributed by atoms with Gasteiger partial charge in [-0.1, -0.05) is 0 Å². The summed E-state index contributed by atoms with van der Waals surface area (Å²) >= 11 is 0. The van der Waals surface area contributed by atoms with Crippen LogP contribution in [0.3, 0.4) is 0 Å². The molecular formula is C11H17F3N4O8S2. The van der Waals surface area contributed by atoms with Gasteiger partial charge in [-0.15, -0.1) is 0 Å². The van der Waals surface area contributed by atoms with Gasteiger partial charge in [0, 0.05) is 26.2 Å². The molecule has 0 radical (unpaired) electrons. The average Bonchev–Trinajstić information content (AvgIpc) is 2.94. The van der Waals surface area contributed by atoms with Gasteiger partial charge in [0.2, 0.25) is 11.8 Å². The van der Waals surface area contributed by atoms with Crippen molar-refractivity contribution >= 4 is 32.1 Å². The third-order valence-electron chi connectivity index (χ3n) is 2.65. The Hall–Kier alpha value is -2.24. The summed E-state index contributed by atoms with van der Waals surface area (Å²) in [7, 11) is -10.2. The molecule has 2 amide bonds. The Morgan fingerprint density at radius 2 is 1.61 bits per heavy atom. The molecule has 0 bridgehead atoms. The second-order valence-corrected chi connectivity index (χ2v) is 8.04. The van der Waals surface area contributed by atoms with Crippen LogP contribution in [0.4, 0.5) is 13.2 Å². The molecule has 1 aromatic rings. The molecule has 5 N–H and O–H groups in total. The predicted octanol–water partition coefficient (Wildman–Crippen LogP) is -0.627. The summed E-state index contributed by atoms with van der Waals surface area (Å²) in [6.07, 6.45) is 2.91. The SMILES string of the molecule is CC(=O)NC(CS(=O)(=O)O)C(NC(C)=O)c1ncc[nH]1.O=S(=O)(O)C(F)(F)F. The third-order valence-corrected chi connectivity index (χ3v) is 4.01. The topological polar surface area (TPSA) is 196 Å². The van der Waals surface area contributed by atoms with E-state index in [2.05, 4.69) is 20.6 Å². The molecule has 0 aliphatic rings. The summed E-state index contributed by atoms with van der Waals surface area (Å²) in [6.45, 7) is 2.44. The fourth-order valence-electron chi connectivity index (χ4n) is 1.74. The van der Waals surface area contributed by atoms with E-state index in [0.717, 1.165) is 0 Å². The van der Waals surface area contributed by atoms with Gasteiger partial charge < -0.3 is 15.6 Å². The van der Waals surface area contributed by atoms with Gasteiger partial charge in [0.15, 0.2) is 0 Å². The number of halogens is 3. The van der Waals surface area contributed by atoms with E-state index in [-0.39, 0.29) is 5.82 Å². The van der Waals surface area contributed by atoms with Gasteiger partial charge in [0.1, 0.15) is 11.9 Å². The Morgan fingerprint density at radius 1 is 1.14 bits per heavy atom. The molecule has 1 rings (SSSR count). The van der Waals surface area contributed by atoms with Crippen LogP contribution in [0.15, 0.2) is 12.4 Å². The van der Waals surface area contributed by atoms with Crippen LogP contribution in [0.1, 0.15) is 25.7 Å². The number of alkyl halides is 3. The molecule has 12 nitrogen and oxygen atoms in total. The molecule has 0 aromatic carbocycles. The largest absolute Gasteiger partial charge is 0.522 e. The molecule has 0 fully saturated rings. The van der Waals surface area contributed by atoms with Crippen LogP contribution >= 0.6 is 0 Å². The van der Waals surface area contributed by atoms with Crippen LogP contribution in [0, 0.1) is 0 Å². The highest BCUT2D eigenvalue weighted by Crippen LogP contribution is 2.20. The Balaban J connectivity index is 0.000000769. The van der Waals surface area contributed by atoms with E-state index in [1.165, 1.54) is 26.2 Å². The first kappa shape index (κ1) is 25.8. The highest BCUT2D eigenvalue weighted by molar-refractivity contribution is 7.86. The fraction of sp³-hybridized carbons (Fsp3) is 0.545. The number of aromatic nitrogens is 2. The number of amides is 2. The van der Waals surface area contributed by atoms with Crippen molar-refractivity contribution in [1.82, 2.24) is 20.6 Å². The molecule has 2 atom stereocenters. The van der Waals surface area contributed by atoms with Crippen molar-refractivity contribution in [1.29, 1.82) is 0 Å². The molecule has 0 saturated carbocycles. The van der Waals surface area contributed by atoms with Gasteiger partial charge in [0.25, 0.3) is 10.1 Å². The van der Waals surface area contributed by atoms with E-state index < -0.39 is 55.4 Å². The number of aromatic amines is 1. The van der Waals surface area contributed by atoms with Crippen molar-refractivity contribution in [3.8, 4) is 0 Å². The molecule has 1 aromatic heterocycles. The molecular weight excluding hydrogens is 437 g/mol. The van der Waals surface area contributed by atoms with Gasteiger partial charge in [-0.3, -0.25) is 18.7 Å². The summed E-state index contributed by atoms with van der Waals surface area (Å²) in [5, 5.41) is 4.86. The molecule has 2 unspecified atom stereocenters. The monoisotopic (exact) mass is 454 g/mol. The maximum Gasteiger partial charge on any atom is 0.522 e. The Labute approximate surface area is 157 Å². The number of hydrogen-bond donors (Lipinski definition) is 5. The minimum Gasteiger partial charge on any atom is -0.350 e. The molecule has 17 heteroatoms. The number of nitrogens with zero attached hydrogens (tertiary/aromatic N) is 1. The van der Waals surface area contributed by atoms with E-state index in [0.29, 0.717) is 0 Å². The van der Waals surface area contributed by atoms with E-state index in [1.807, 2.05) is 0 Å². The van der Waals surface area contributed by atoms with Crippen LogP contribution in [0.5, 0.6) is 0 Å². The third kappa shape index (κ3) is 10.2. The van der Waals surface area contributed by atoms with E-state index >= 15 is 0 Å². The lowest BCUT2D eigenvalue weighted by molar-refractivity contribution is -0.122. The molecule has 162 valence electrons. The zero-order valence-electron chi connectivity index (χ0n) is 14.3.